The normalized spacial score (nSPS) is 9.07. The molecule has 1 aromatic heterocycles. The highest BCUT2D eigenvalue weighted by Crippen LogP contribution is 2.15. The lowest BCUT2D eigenvalue weighted by Gasteiger charge is -1.99. The molecule has 0 saturated heterocycles. The quantitative estimate of drug-likeness (QED) is 0.686. The summed E-state index contributed by atoms with van der Waals surface area (Å²) in [7, 11) is 1.62. The van der Waals surface area contributed by atoms with E-state index in [9.17, 15) is 0 Å². The van der Waals surface area contributed by atoms with Crippen molar-refractivity contribution >= 4 is 10.9 Å². The van der Waals surface area contributed by atoms with Crippen LogP contribution >= 0.6 is 0 Å². The van der Waals surface area contributed by atoms with E-state index in [1.165, 1.54) is 0 Å². The van der Waals surface area contributed by atoms with E-state index in [0.717, 1.165) is 10.9 Å². The van der Waals surface area contributed by atoms with Crippen molar-refractivity contribution in [3.05, 3.63) is 36.4 Å². The number of ether oxygens (including phenoxy) is 1. The van der Waals surface area contributed by atoms with Gasteiger partial charge >= 0.3 is 0 Å². The second kappa shape index (κ2) is 5.22. The van der Waals surface area contributed by atoms with Crippen LogP contribution in [0.25, 0.3) is 10.9 Å². The van der Waals surface area contributed by atoms with Gasteiger partial charge in [0.1, 0.15) is 0 Å². The van der Waals surface area contributed by atoms with Crippen molar-refractivity contribution in [2.45, 2.75) is 13.8 Å². The third-order valence-corrected chi connectivity index (χ3v) is 1.78. The molecule has 0 bridgehead atoms. The van der Waals surface area contributed by atoms with Crippen molar-refractivity contribution < 1.29 is 4.74 Å². The summed E-state index contributed by atoms with van der Waals surface area (Å²) in [6.45, 7) is 4.00. The predicted octanol–water partition coefficient (Wildman–Crippen LogP) is 3.27. The Labute approximate surface area is 84.5 Å². The van der Waals surface area contributed by atoms with Gasteiger partial charge in [-0.25, -0.2) is 4.98 Å². The molecule has 14 heavy (non-hydrogen) atoms. The molecule has 0 radical (unpaired) electrons. The fourth-order valence-electron chi connectivity index (χ4n) is 1.16. The number of nitrogens with zero attached hydrogens (tertiary/aromatic N) is 1. The molecule has 0 amide bonds. The summed E-state index contributed by atoms with van der Waals surface area (Å²) in [5.74, 6) is 0.661. The van der Waals surface area contributed by atoms with E-state index >= 15 is 0 Å². The van der Waals surface area contributed by atoms with Gasteiger partial charge in [0.2, 0.25) is 5.88 Å². The SMILES string of the molecule is CC.COc1ccc2ccccc2n1. The summed E-state index contributed by atoms with van der Waals surface area (Å²) in [4.78, 5) is 4.27. The highest BCUT2D eigenvalue weighted by molar-refractivity contribution is 5.78. The lowest BCUT2D eigenvalue weighted by molar-refractivity contribution is 0.399. The molecule has 0 unspecified atom stereocenters. The maximum absolute atomic E-state index is 5.01. The van der Waals surface area contributed by atoms with Crippen LogP contribution in [0.15, 0.2) is 36.4 Å². The lowest BCUT2D eigenvalue weighted by Crippen LogP contribution is -1.86. The Bertz CT molecular complexity index is 398. The first-order valence-electron chi connectivity index (χ1n) is 4.80. The van der Waals surface area contributed by atoms with Crippen molar-refractivity contribution in [3.8, 4) is 5.88 Å². The Morgan fingerprint density at radius 3 is 2.43 bits per heavy atom. The number of para-hydroxylation sites is 1. The number of methoxy groups -OCH3 is 1. The monoisotopic (exact) mass is 189 g/mol. The molecule has 2 nitrogen and oxygen atoms in total. The molecular weight excluding hydrogens is 174 g/mol. The van der Waals surface area contributed by atoms with Crippen LogP contribution < -0.4 is 4.74 Å². The van der Waals surface area contributed by atoms with Crippen molar-refractivity contribution in [1.82, 2.24) is 4.98 Å². The van der Waals surface area contributed by atoms with Gasteiger partial charge in [-0.3, -0.25) is 0 Å². The van der Waals surface area contributed by atoms with E-state index in [0.29, 0.717) is 5.88 Å². The highest BCUT2D eigenvalue weighted by Gasteiger charge is 1.94. The van der Waals surface area contributed by atoms with Gasteiger partial charge in [0.25, 0.3) is 0 Å². The van der Waals surface area contributed by atoms with Gasteiger partial charge in [-0.15, -0.1) is 0 Å². The van der Waals surface area contributed by atoms with Gasteiger partial charge in [0, 0.05) is 11.5 Å². The lowest BCUT2D eigenvalue weighted by atomic mass is 10.2. The molecule has 74 valence electrons. The third-order valence-electron chi connectivity index (χ3n) is 1.78. The maximum Gasteiger partial charge on any atom is 0.213 e. The highest BCUT2D eigenvalue weighted by atomic mass is 16.5. The first-order valence-corrected chi connectivity index (χ1v) is 4.80. The fourth-order valence-corrected chi connectivity index (χ4v) is 1.16. The zero-order valence-electron chi connectivity index (χ0n) is 8.82. The van der Waals surface area contributed by atoms with E-state index in [1.54, 1.807) is 7.11 Å². The average Bonchev–Trinajstić information content (AvgIpc) is 2.31. The molecular formula is C12H15NO. The molecule has 0 aliphatic heterocycles. The van der Waals surface area contributed by atoms with E-state index in [4.69, 9.17) is 4.74 Å². The number of pyridine rings is 1. The molecule has 2 heteroatoms. The van der Waals surface area contributed by atoms with Gasteiger partial charge in [0.15, 0.2) is 0 Å². The van der Waals surface area contributed by atoms with Crippen LogP contribution in [0.1, 0.15) is 13.8 Å². The molecule has 2 aromatic rings. The number of aromatic nitrogens is 1. The Balaban J connectivity index is 0.000000461. The minimum Gasteiger partial charge on any atom is -0.481 e. The average molecular weight is 189 g/mol. The minimum absolute atomic E-state index is 0.661. The molecule has 0 spiro atoms. The largest absolute Gasteiger partial charge is 0.481 e. The summed E-state index contributed by atoms with van der Waals surface area (Å²) in [5, 5.41) is 1.14. The molecule has 1 aromatic carbocycles. The number of benzene rings is 1. The zero-order valence-corrected chi connectivity index (χ0v) is 8.82. The van der Waals surface area contributed by atoms with Gasteiger partial charge in [0.05, 0.1) is 12.6 Å². The van der Waals surface area contributed by atoms with E-state index < -0.39 is 0 Å². The van der Waals surface area contributed by atoms with Crippen LogP contribution in [-0.2, 0) is 0 Å². The van der Waals surface area contributed by atoms with Crippen LogP contribution in [0, 0.1) is 0 Å². The number of hydrogen-bond acceptors (Lipinski definition) is 2. The summed E-state index contributed by atoms with van der Waals surface area (Å²) >= 11 is 0. The number of fused-ring (bicyclic) bond motifs is 1. The maximum atomic E-state index is 5.01. The second-order valence-corrected chi connectivity index (χ2v) is 2.55. The predicted molar refractivity (Wildman–Crippen MR) is 59.6 cm³/mol. The topological polar surface area (TPSA) is 22.1 Å². The summed E-state index contributed by atoms with van der Waals surface area (Å²) in [6, 6.07) is 11.8. The van der Waals surface area contributed by atoms with E-state index in [-0.39, 0.29) is 0 Å². The number of hydrogen-bond donors (Lipinski definition) is 0. The van der Waals surface area contributed by atoms with Gasteiger partial charge in [-0.05, 0) is 12.1 Å². The smallest absolute Gasteiger partial charge is 0.213 e. The van der Waals surface area contributed by atoms with Gasteiger partial charge in [-0.2, -0.15) is 0 Å². The van der Waals surface area contributed by atoms with Crippen LogP contribution in [0.5, 0.6) is 5.88 Å². The zero-order chi connectivity index (χ0) is 10.4. The van der Waals surface area contributed by atoms with Crippen LogP contribution in [0.2, 0.25) is 0 Å². The number of rotatable bonds is 1. The molecule has 0 N–H and O–H groups in total. The molecule has 0 aliphatic carbocycles. The van der Waals surface area contributed by atoms with Crippen molar-refractivity contribution in [2.75, 3.05) is 7.11 Å². The molecule has 2 rings (SSSR count). The Kier molecular flexibility index (Phi) is 3.92. The molecule has 0 fully saturated rings. The van der Waals surface area contributed by atoms with Crippen LogP contribution in [0.3, 0.4) is 0 Å². The first-order chi connectivity index (χ1) is 6.90. The molecule has 1 heterocycles. The Morgan fingerprint density at radius 2 is 1.71 bits per heavy atom. The van der Waals surface area contributed by atoms with Crippen molar-refractivity contribution in [1.29, 1.82) is 0 Å². The van der Waals surface area contributed by atoms with E-state index in [1.807, 2.05) is 50.2 Å². The summed E-state index contributed by atoms with van der Waals surface area (Å²) < 4.78 is 5.01. The second-order valence-electron chi connectivity index (χ2n) is 2.55. The fraction of sp³-hybridized carbons (Fsp3) is 0.250. The first kappa shape index (κ1) is 10.5. The summed E-state index contributed by atoms with van der Waals surface area (Å²) in [5.41, 5.74) is 0.969. The standard InChI is InChI=1S/C10H9NO.C2H6/c1-12-10-7-6-8-4-2-3-5-9(8)11-10;1-2/h2-7H,1H3;1-2H3. The third kappa shape index (κ3) is 2.22. The van der Waals surface area contributed by atoms with Crippen LogP contribution in [-0.4, -0.2) is 12.1 Å². The van der Waals surface area contributed by atoms with Crippen molar-refractivity contribution in [3.63, 3.8) is 0 Å². The van der Waals surface area contributed by atoms with Crippen LogP contribution in [0.4, 0.5) is 0 Å². The summed E-state index contributed by atoms with van der Waals surface area (Å²) in [6.07, 6.45) is 0. The van der Waals surface area contributed by atoms with Gasteiger partial charge in [-0.1, -0.05) is 32.0 Å². The van der Waals surface area contributed by atoms with E-state index in [2.05, 4.69) is 4.98 Å². The Hall–Kier alpha value is -1.57. The molecule has 0 aliphatic rings. The van der Waals surface area contributed by atoms with Gasteiger partial charge < -0.3 is 4.74 Å². The minimum atomic E-state index is 0.661. The Morgan fingerprint density at radius 1 is 1.00 bits per heavy atom. The molecule has 0 atom stereocenters. The van der Waals surface area contributed by atoms with Crippen molar-refractivity contribution in [2.24, 2.45) is 0 Å². The molecule has 0 saturated carbocycles.